The summed E-state index contributed by atoms with van der Waals surface area (Å²) in [5, 5.41) is 16.5. The molecule has 3 rings (SSSR count). The Labute approximate surface area is 131 Å². The van der Waals surface area contributed by atoms with Crippen molar-refractivity contribution in [3.63, 3.8) is 0 Å². The molecular weight excluding hydrogens is 298 g/mol. The summed E-state index contributed by atoms with van der Waals surface area (Å²) < 4.78 is 0.893. The third kappa shape index (κ3) is 2.99. The average Bonchev–Trinajstić information content (AvgIpc) is 2.93. The largest absolute Gasteiger partial charge is 0.508 e. The molecule has 0 unspecified atom stereocenters. The van der Waals surface area contributed by atoms with Gasteiger partial charge in [-0.2, -0.15) is 4.98 Å². The number of phenols is 1. The summed E-state index contributed by atoms with van der Waals surface area (Å²) in [4.78, 5) is 12.9. The third-order valence-electron chi connectivity index (χ3n) is 3.06. The molecule has 0 aliphatic carbocycles. The van der Waals surface area contributed by atoms with Gasteiger partial charge in [-0.05, 0) is 38.1 Å². The van der Waals surface area contributed by atoms with E-state index in [1.54, 1.807) is 24.3 Å². The molecule has 0 radical (unpaired) electrons. The lowest BCUT2D eigenvalue weighted by Gasteiger charge is -2.04. The van der Waals surface area contributed by atoms with Gasteiger partial charge in [0.2, 0.25) is 0 Å². The fraction of sp³-hybridized carbons (Fsp3) is 0.133. The van der Waals surface area contributed by atoms with E-state index in [2.05, 4.69) is 25.6 Å². The van der Waals surface area contributed by atoms with E-state index in [1.807, 2.05) is 19.9 Å². The molecule has 0 amide bonds. The monoisotopic (exact) mass is 313 g/mol. The summed E-state index contributed by atoms with van der Waals surface area (Å²) in [6.45, 7) is 3.94. The van der Waals surface area contributed by atoms with E-state index in [1.165, 1.54) is 17.7 Å². The molecule has 0 saturated carbocycles. The molecule has 0 aliphatic heterocycles. The van der Waals surface area contributed by atoms with Crippen LogP contribution in [0.25, 0.3) is 10.3 Å². The topological polar surface area (TPSA) is 83.0 Å². The number of nitrogens with zero attached hydrogens (tertiary/aromatic N) is 3. The third-order valence-corrected chi connectivity index (χ3v) is 4.03. The number of aromatic nitrogens is 3. The van der Waals surface area contributed by atoms with Gasteiger partial charge in [-0.3, -0.25) is 0 Å². The molecule has 112 valence electrons. The lowest BCUT2D eigenvalue weighted by Crippen LogP contribution is -1.98. The molecule has 0 spiro atoms. The summed E-state index contributed by atoms with van der Waals surface area (Å²) >= 11 is 1.48. The normalized spacial score (nSPS) is 11.6. The number of benzene rings is 1. The Morgan fingerprint density at radius 2 is 2.00 bits per heavy atom. The van der Waals surface area contributed by atoms with Crippen LogP contribution in [0.3, 0.4) is 0 Å². The molecule has 0 aliphatic rings. The van der Waals surface area contributed by atoms with Crippen molar-refractivity contribution < 1.29 is 5.11 Å². The van der Waals surface area contributed by atoms with E-state index >= 15 is 0 Å². The van der Waals surface area contributed by atoms with Crippen LogP contribution in [-0.2, 0) is 0 Å². The van der Waals surface area contributed by atoms with Crippen molar-refractivity contribution in [3.8, 4) is 5.75 Å². The van der Waals surface area contributed by atoms with Gasteiger partial charge in [0.15, 0.2) is 16.6 Å². The zero-order chi connectivity index (χ0) is 15.5. The fourth-order valence-corrected chi connectivity index (χ4v) is 2.71. The number of thiazole rings is 1. The molecule has 6 nitrogen and oxygen atoms in total. The van der Waals surface area contributed by atoms with Crippen molar-refractivity contribution in [1.82, 2.24) is 15.0 Å². The fourth-order valence-electron chi connectivity index (χ4n) is 1.82. The number of rotatable bonds is 4. The highest BCUT2D eigenvalue weighted by Crippen LogP contribution is 2.31. The van der Waals surface area contributed by atoms with Gasteiger partial charge >= 0.3 is 0 Å². The van der Waals surface area contributed by atoms with Crippen molar-refractivity contribution in [2.45, 2.75) is 13.8 Å². The minimum Gasteiger partial charge on any atom is -0.508 e. The van der Waals surface area contributed by atoms with Gasteiger partial charge in [-0.1, -0.05) is 17.4 Å². The molecular formula is C15H15N5OS. The quantitative estimate of drug-likeness (QED) is 0.634. The van der Waals surface area contributed by atoms with Crippen molar-refractivity contribution in [2.75, 3.05) is 10.6 Å². The Kier molecular flexibility index (Phi) is 3.88. The van der Waals surface area contributed by atoms with E-state index in [0.29, 0.717) is 5.65 Å². The first-order valence-corrected chi connectivity index (χ1v) is 7.55. The maximum atomic E-state index is 9.31. The number of hydrogen-bond donors (Lipinski definition) is 3. The van der Waals surface area contributed by atoms with Crippen LogP contribution in [0.15, 0.2) is 42.4 Å². The summed E-state index contributed by atoms with van der Waals surface area (Å²) in [6.07, 6.45) is 3.47. The highest BCUT2D eigenvalue weighted by molar-refractivity contribution is 7.22. The molecule has 0 fully saturated rings. The van der Waals surface area contributed by atoms with Crippen molar-refractivity contribution in [1.29, 1.82) is 0 Å². The van der Waals surface area contributed by atoms with Crippen LogP contribution in [0.1, 0.15) is 13.8 Å². The van der Waals surface area contributed by atoms with E-state index in [9.17, 15) is 5.11 Å². The van der Waals surface area contributed by atoms with Gasteiger partial charge in [0.05, 0.1) is 0 Å². The van der Waals surface area contributed by atoms with Crippen LogP contribution in [0.2, 0.25) is 0 Å². The maximum Gasteiger partial charge on any atom is 0.189 e. The van der Waals surface area contributed by atoms with Gasteiger partial charge < -0.3 is 15.7 Å². The predicted octanol–water partition coefficient (Wildman–Crippen LogP) is 3.87. The molecule has 2 aromatic heterocycles. The van der Waals surface area contributed by atoms with Crippen molar-refractivity contribution >= 4 is 38.3 Å². The predicted molar refractivity (Wildman–Crippen MR) is 89.7 cm³/mol. The lowest BCUT2D eigenvalue weighted by molar-refractivity contribution is 0.475. The second-order valence-corrected chi connectivity index (χ2v) is 5.66. The number of aromatic hydroxyl groups is 1. The van der Waals surface area contributed by atoms with E-state index < -0.39 is 0 Å². The summed E-state index contributed by atoms with van der Waals surface area (Å²) in [7, 11) is 0. The van der Waals surface area contributed by atoms with Gasteiger partial charge in [-0.15, -0.1) is 0 Å². The average molecular weight is 313 g/mol. The van der Waals surface area contributed by atoms with Gasteiger partial charge in [0, 0.05) is 11.4 Å². The summed E-state index contributed by atoms with van der Waals surface area (Å²) in [5.41, 5.74) is 2.51. The van der Waals surface area contributed by atoms with Crippen LogP contribution in [-0.4, -0.2) is 20.1 Å². The number of anilines is 3. The first-order chi connectivity index (χ1) is 10.7. The van der Waals surface area contributed by atoms with Crippen LogP contribution >= 0.6 is 11.3 Å². The Balaban J connectivity index is 1.92. The van der Waals surface area contributed by atoms with Crippen LogP contribution in [0, 0.1) is 0 Å². The molecule has 1 aromatic carbocycles. The number of fused-ring (bicyclic) bond motifs is 1. The summed E-state index contributed by atoms with van der Waals surface area (Å²) in [5.74, 6) is 0.978. The van der Waals surface area contributed by atoms with Gasteiger partial charge in [0.1, 0.15) is 16.8 Å². The minimum atomic E-state index is 0.231. The highest BCUT2D eigenvalue weighted by atomic mass is 32.1. The number of allylic oxidation sites excluding steroid dienone is 2. The Bertz CT molecular complexity index is 826. The zero-order valence-corrected chi connectivity index (χ0v) is 13.0. The maximum absolute atomic E-state index is 9.31. The second-order valence-electron chi connectivity index (χ2n) is 4.66. The minimum absolute atomic E-state index is 0.231. The molecule has 22 heavy (non-hydrogen) atoms. The Morgan fingerprint density at radius 3 is 2.73 bits per heavy atom. The number of phenolic OH excluding ortho intramolecular Hbond substituents is 1. The Morgan fingerprint density at radius 1 is 1.23 bits per heavy atom. The molecule has 3 N–H and O–H groups in total. The lowest BCUT2D eigenvalue weighted by atomic mass is 10.3. The van der Waals surface area contributed by atoms with Gasteiger partial charge in [-0.25, -0.2) is 9.97 Å². The first kappa shape index (κ1) is 14.3. The zero-order valence-electron chi connectivity index (χ0n) is 12.2. The number of hydrogen-bond acceptors (Lipinski definition) is 7. The van der Waals surface area contributed by atoms with Crippen LogP contribution in [0.4, 0.5) is 16.6 Å². The smallest absolute Gasteiger partial charge is 0.189 e. The summed E-state index contributed by atoms with van der Waals surface area (Å²) in [6, 6.07) is 6.82. The van der Waals surface area contributed by atoms with Gasteiger partial charge in [0.25, 0.3) is 0 Å². The van der Waals surface area contributed by atoms with Crippen LogP contribution < -0.4 is 10.6 Å². The van der Waals surface area contributed by atoms with E-state index in [-0.39, 0.29) is 5.75 Å². The standard InChI is InChI=1S/C15H15N5OS/c1-3-9(2)18-13-12-14(17-8-16-13)20-15(22-12)19-10-4-6-11(21)7-5-10/h3-8,21H,1-2H3,(H2,16,17,18,19,20)/b9-3+. The molecule has 2 heterocycles. The molecule has 3 aromatic rings. The second kappa shape index (κ2) is 5.98. The first-order valence-electron chi connectivity index (χ1n) is 6.73. The van der Waals surface area contributed by atoms with Crippen molar-refractivity contribution in [2.24, 2.45) is 0 Å². The van der Waals surface area contributed by atoms with Crippen molar-refractivity contribution in [3.05, 3.63) is 42.4 Å². The molecule has 0 bridgehead atoms. The molecule has 7 heteroatoms. The van der Waals surface area contributed by atoms with Crippen LogP contribution in [0.5, 0.6) is 5.75 Å². The van der Waals surface area contributed by atoms with E-state index in [0.717, 1.165) is 27.0 Å². The SMILES string of the molecule is C/C=C(\C)Nc1ncnc2nc(Nc3ccc(O)cc3)sc12. The molecule has 0 saturated heterocycles. The highest BCUT2D eigenvalue weighted by Gasteiger charge is 2.10. The molecule has 0 atom stereocenters. The van der Waals surface area contributed by atoms with E-state index in [4.69, 9.17) is 0 Å². The Hall–Kier alpha value is -2.67. The number of nitrogens with one attached hydrogen (secondary N) is 2.